The van der Waals surface area contributed by atoms with Crippen molar-refractivity contribution in [2.75, 3.05) is 23.7 Å². The monoisotopic (exact) mass is 261 g/mol. The van der Waals surface area contributed by atoms with Crippen LogP contribution >= 0.6 is 0 Å². The van der Waals surface area contributed by atoms with Crippen LogP contribution in [0.15, 0.2) is 18.2 Å². The summed E-state index contributed by atoms with van der Waals surface area (Å²) in [6.07, 6.45) is 6.94. The second kappa shape index (κ2) is 7.37. The van der Waals surface area contributed by atoms with Gasteiger partial charge in [-0.3, -0.25) is 0 Å². The van der Waals surface area contributed by atoms with Crippen molar-refractivity contribution in [3.63, 3.8) is 0 Å². The fourth-order valence-corrected chi connectivity index (χ4v) is 3.04. The van der Waals surface area contributed by atoms with Crippen molar-refractivity contribution in [2.24, 2.45) is 11.8 Å². The lowest BCUT2D eigenvalue weighted by molar-refractivity contribution is 0.274. The van der Waals surface area contributed by atoms with E-state index in [0.29, 0.717) is 0 Å². The minimum absolute atomic E-state index is 0.910. The normalized spacial score (nSPS) is 23.1. The van der Waals surface area contributed by atoms with E-state index >= 15 is 0 Å². The van der Waals surface area contributed by atoms with Gasteiger partial charge in [0.25, 0.3) is 0 Å². The first-order chi connectivity index (χ1) is 9.28. The molecule has 2 rings (SSSR count). The standard InChI is InChI=1S/C16H27N3/c1-3-17-15-8-5-9-16(19-15)18-11-10-14-7-4-6-13(2)12-14/h5,8-9,13-14H,3-4,6-7,10-12H2,1-2H3,(H2,17,18,19). The molecule has 0 bridgehead atoms. The number of pyridine rings is 1. The second-order valence-electron chi connectivity index (χ2n) is 5.79. The Hall–Kier alpha value is -1.25. The molecule has 3 nitrogen and oxygen atoms in total. The summed E-state index contributed by atoms with van der Waals surface area (Å²) < 4.78 is 0. The van der Waals surface area contributed by atoms with Gasteiger partial charge in [0.1, 0.15) is 11.6 Å². The minimum Gasteiger partial charge on any atom is -0.370 e. The topological polar surface area (TPSA) is 37.0 Å². The number of anilines is 2. The van der Waals surface area contributed by atoms with E-state index in [9.17, 15) is 0 Å². The summed E-state index contributed by atoms with van der Waals surface area (Å²) in [5.74, 6) is 3.78. The Labute approximate surface area is 117 Å². The molecule has 1 saturated carbocycles. The smallest absolute Gasteiger partial charge is 0.128 e. The van der Waals surface area contributed by atoms with Gasteiger partial charge in [0.05, 0.1) is 0 Å². The van der Waals surface area contributed by atoms with Gasteiger partial charge >= 0.3 is 0 Å². The lowest BCUT2D eigenvalue weighted by Gasteiger charge is -2.26. The van der Waals surface area contributed by atoms with E-state index in [1.807, 2.05) is 12.1 Å². The van der Waals surface area contributed by atoms with Gasteiger partial charge in [-0.25, -0.2) is 4.98 Å². The molecule has 1 fully saturated rings. The van der Waals surface area contributed by atoms with Gasteiger partial charge in [-0.05, 0) is 43.7 Å². The van der Waals surface area contributed by atoms with Crippen molar-refractivity contribution < 1.29 is 0 Å². The molecule has 0 radical (unpaired) electrons. The van der Waals surface area contributed by atoms with Gasteiger partial charge in [0.2, 0.25) is 0 Å². The third-order valence-electron chi connectivity index (χ3n) is 4.01. The van der Waals surface area contributed by atoms with Crippen LogP contribution in [0.4, 0.5) is 11.6 Å². The number of hydrogen-bond donors (Lipinski definition) is 2. The van der Waals surface area contributed by atoms with Crippen LogP contribution in [-0.2, 0) is 0 Å². The van der Waals surface area contributed by atoms with Crippen LogP contribution in [0.3, 0.4) is 0 Å². The van der Waals surface area contributed by atoms with Crippen molar-refractivity contribution in [1.29, 1.82) is 0 Å². The van der Waals surface area contributed by atoms with Gasteiger partial charge in [-0.2, -0.15) is 0 Å². The number of hydrogen-bond acceptors (Lipinski definition) is 3. The van der Waals surface area contributed by atoms with Crippen LogP contribution in [-0.4, -0.2) is 18.1 Å². The highest BCUT2D eigenvalue weighted by molar-refractivity contribution is 5.44. The third kappa shape index (κ3) is 4.73. The van der Waals surface area contributed by atoms with Gasteiger partial charge in [0, 0.05) is 13.1 Å². The molecule has 19 heavy (non-hydrogen) atoms. The van der Waals surface area contributed by atoms with Crippen LogP contribution < -0.4 is 10.6 Å². The highest BCUT2D eigenvalue weighted by atomic mass is 15.1. The molecular weight excluding hydrogens is 234 g/mol. The SMILES string of the molecule is CCNc1cccc(NCCC2CCCC(C)C2)n1. The van der Waals surface area contributed by atoms with Crippen LogP contribution in [0.2, 0.25) is 0 Å². The molecule has 3 heteroatoms. The van der Waals surface area contributed by atoms with Gasteiger partial charge in [-0.15, -0.1) is 0 Å². The summed E-state index contributed by atoms with van der Waals surface area (Å²) in [5.41, 5.74) is 0. The maximum absolute atomic E-state index is 4.54. The molecule has 1 aromatic rings. The Morgan fingerprint density at radius 1 is 1.21 bits per heavy atom. The van der Waals surface area contributed by atoms with Crippen molar-refractivity contribution in [1.82, 2.24) is 4.98 Å². The molecule has 0 aromatic carbocycles. The predicted molar refractivity (Wildman–Crippen MR) is 82.6 cm³/mol. The van der Waals surface area contributed by atoms with E-state index in [1.54, 1.807) is 0 Å². The third-order valence-corrected chi connectivity index (χ3v) is 4.01. The van der Waals surface area contributed by atoms with Gasteiger partial charge < -0.3 is 10.6 Å². The first-order valence-electron chi connectivity index (χ1n) is 7.72. The summed E-state index contributed by atoms with van der Waals surface area (Å²) in [7, 11) is 0. The zero-order valence-corrected chi connectivity index (χ0v) is 12.3. The summed E-state index contributed by atoms with van der Waals surface area (Å²) in [5, 5.41) is 6.70. The number of aromatic nitrogens is 1. The Balaban J connectivity index is 1.74. The highest BCUT2D eigenvalue weighted by Crippen LogP contribution is 2.30. The lowest BCUT2D eigenvalue weighted by Crippen LogP contribution is -2.17. The van der Waals surface area contributed by atoms with Crippen LogP contribution in [0.1, 0.15) is 46.0 Å². The zero-order valence-electron chi connectivity index (χ0n) is 12.3. The molecule has 1 aliphatic carbocycles. The number of rotatable bonds is 6. The summed E-state index contributed by atoms with van der Waals surface area (Å²) in [6.45, 7) is 6.43. The first-order valence-corrected chi connectivity index (χ1v) is 7.72. The summed E-state index contributed by atoms with van der Waals surface area (Å²) in [6, 6.07) is 6.11. The Morgan fingerprint density at radius 3 is 2.74 bits per heavy atom. The van der Waals surface area contributed by atoms with Crippen LogP contribution in [0, 0.1) is 11.8 Å². The fraction of sp³-hybridized carbons (Fsp3) is 0.688. The Bertz CT molecular complexity index is 378. The molecule has 0 saturated heterocycles. The van der Waals surface area contributed by atoms with Gasteiger partial charge in [-0.1, -0.05) is 32.3 Å². The Kier molecular flexibility index (Phi) is 5.49. The molecule has 0 spiro atoms. The maximum Gasteiger partial charge on any atom is 0.128 e. The fourth-order valence-electron chi connectivity index (χ4n) is 3.04. The quantitative estimate of drug-likeness (QED) is 0.808. The van der Waals surface area contributed by atoms with Gasteiger partial charge in [0.15, 0.2) is 0 Å². The minimum atomic E-state index is 0.910. The largest absolute Gasteiger partial charge is 0.370 e. The van der Waals surface area contributed by atoms with Crippen molar-refractivity contribution in [3.8, 4) is 0 Å². The highest BCUT2D eigenvalue weighted by Gasteiger charge is 2.18. The van der Waals surface area contributed by atoms with E-state index in [-0.39, 0.29) is 0 Å². The molecule has 106 valence electrons. The summed E-state index contributed by atoms with van der Waals surface area (Å²) in [4.78, 5) is 4.54. The molecule has 1 aliphatic rings. The molecule has 1 heterocycles. The first kappa shape index (κ1) is 14.2. The van der Waals surface area contributed by atoms with Crippen molar-refractivity contribution in [3.05, 3.63) is 18.2 Å². The van der Waals surface area contributed by atoms with Crippen molar-refractivity contribution in [2.45, 2.75) is 46.0 Å². The molecule has 0 amide bonds. The lowest BCUT2D eigenvalue weighted by atomic mass is 9.81. The molecule has 0 aliphatic heterocycles. The number of nitrogens with one attached hydrogen (secondary N) is 2. The average molecular weight is 261 g/mol. The van der Waals surface area contributed by atoms with Crippen LogP contribution in [0.5, 0.6) is 0 Å². The van der Waals surface area contributed by atoms with Crippen molar-refractivity contribution >= 4 is 11.6 Å². The predicted octanol–water partition coefficient (Wildman–Crippen LogP) is 4.14. The molecule has 2 N–H and O–H groups in total. The van der Waals surface area contributed by atoms with E-state index in [2.05, 4.69) is 35.5 Å². The van der Waals surface area contributed by atoms with E-state index in [0.717, 1.165) is 36.6 Å². The van der Waals surface area contributed by atoms with E-state index < -0.39 is 0 Å². The molecular formula is C16H27N3. The molecule has 1 aromatic heterocycles. The van der Waals surface area contributed by atoms with Crippen LogP contribution in [0.25, 0.3) is 0 Å². The van der Waals surface area contributed by atoms with E-state index in [4.69, 9.17) is 0 Å². The molecule has 2 unspecified atom stereocenters. The Morgan fingerprint density at radius 2 is 2.00 bits per heavy atom. The number of nitrogens with zero attached hydrogens (tertiary/aromatic N) is 1. The summed E-state index contributed by atoms with van der Waals surface area (Å²) >= 11 is 0. The zero-order chi connectivity index (χ0) is 13.5. The second-order valence-corrected chi connectivity index (χ2v) is 5.79. The molecule has 2 atom stereocenters. The average Bonchev–Trinajstić information content (AvgIpc) is 2.40. The van der Waals surface area contributed by atoms with E-state index in [1.165, 1.54) is 32.1 Å². The maximum atomic E-state index is 4.54.